The Morgan fingerprint density at radius 1 is 1.55 bits per heavy atom. The van der Waals surface area contributed by atoms with Gasteiger partial charge in [0.15, 0.2) is 0 Å². The minimum atomic E-state index is -0.414. The molecule has 0 aliphatic carbocycles. The molecule has 0 bridgehead atoms. The van der Waals surface area contributed by atoms with Crippen LogP contribution in [0.1, 0.15) is 16.1 Å². The molecule has 0 atom stereocenters. The molecule has 0 spiro atoms. The summed E-state index contributed by atoms with van der Waals surface area (Å²) in [4.78, 5) is 19.9. The summed E-state index contributed by atoms with van der Waals surface area (Å²) in [5.41, 5.74) is 8.32. The Morgan fingerprint density at radius 3 is 2.95 bits per heavy atom. The zero-order valence-corrected chi connectivity index (χ0v) is 12.0. The molecule has 0 radical (unpaired) electrons. The largest absolute Gasteiger partial charge is 0.464 e. The molecule has 2 N–H and O–H groups in total. The Labute approximate surface area is 121 Å². The van der Waals surface area contributed by atoms with Crippen molar-refractivity contribution in [2.45, 2.75) is 13.5 Å². The van der Waals surface area contributed by atoms with Gasteiger partial charge in [-0.15, -0.1) is 0 Å². The molecule has 6 nitrogen and oxygen atoms in total. The fourth-order valence-electron chi connectivity index (χ4n) is 1.95. The van der Waals surface area contributed by atoms with Gasteiger partial charge in [-0.2, -0.15) is 0 Å². The molecular formula is C13H15ClN4O2. The van der Waals surface area contributed by atoms with Gasteiger partial charge in [-0.3, -0.25) is 0 Å². The van der Waals surface area contributed by atoms with E-state index in [1.807, 2.05) is 13.1 Å². The van der Waals surface area contributed by atoms with Crippen molar-refractivity contribution in [2.75, 3.05) is 13.7 Å². The van der Waals surface area contributed by atoms with Gasteiger partial charge >= 0.3 is 5.97 Å². The van der Waals surface area contributed by atoms with Crippen LogP contribution in [0.3, 0.4) is 0 Å². The molecule has 0 fully saturated rings. The maximum absolute atomic E-state index is 11.8. The van der Waals surface area contributed by atoms with E-state index < -0.39 is 5.97 Å². The molecule has 106 valence electrons. The van der Waals surface area contributed by atoms with E-state index in [1.165, 1.54) is 7.11 Å². The first kappa shape index (κ1) is 14.5. The van der Waals surface area contributed by atoms with Crippen molar-refractivity contribution in [3.05, 3.63) is 35.0 Å². The van der Waals surface area contributed by atoms with Crippen LogP contribution in [0.15, 0.2) is 18.5 Å². The lowest BCUT2D eigenvalue weighted by molar-refractivity contribution is 0.0588. The van der Waals surface area contributed by atoms with Gasteiger partial charge in [-0.1, -0.05) is 0 Å². The molecule has 2 aromatic heterocycles. The first-order chi connectivity index (χ1) is 9.56. The number of esters is 1. The maximum Gasteiger partial charge on any atom is 0.354 e. The van der Waals surface area contributed by atoms with Crippen LogP contribution >= 0.6 is 11.6 Å². The van der Waals surface area contributed by atoms with Gasteiger partial charge in [0, 0.05) is 31.0 Å². The number of nitrogens with zero attached hydrogens (tertiary/aromatic N) is 3. The second kappa shape index (κ2) is 6.02. The normalized spacial score (nSPS) is 10.6. The topological polar surface area (TPSA) is 83.0 Å². The van der Waals surface area contributed by atoms with Crippen molar-refractivity contribution in [1.29, 1.82) is 0 Å². The second-order valence-corrected chi connectivity index (χ2v) is 4.60. The molecule has 0 aliphatic rings. The molecule has 0 aliphatic heterocycles. The van der Waals surface area contributed by atoms with Gasteiger partial charge in [0.05, 0.1) is 12.8 Å². The minimum absolute atomic E-state index is 0.164. The lowest BCUT2D eigenvalue weighted by Gasteiger charge is -2.04. The summed E-state index contributed by atoms with van der Waals surface area (Å²) in [6.07, 6.45) is 3.45. The van der Waals surface area contributed by atoms with Crippen LogP contribution in [-0.2, 0) is 11.3 Å². The number of nitrogens with two attached hydrogens (primary N) is 1. The Morgan fingerprint density at radius 2 is 2.30 bits per heavy atom. The fraction of sp³-hybridized carbons (Fsp3) is 0.308. The molecule has 7 heteroatoms. The first-order valence-corrected chi connectivity index (χ1v) is 6.42. The zero-order valence-electron chi connectivity index (χ0n) is 11.3. The third-order valence-electron chi connectivity index (χ3n) is 2.88. The Balaban J connectivity index is 2.52. The highest BCUT2D eigenvalue weighted by molar-refractivity contribution is 6.28. The number of hydrogen-bond acceptors (Lipinski definition) is 5. The number of ether oxygens (including phenoxy) is 1. The lowest BCUT2D eigenvalue weighted by Crippen LogP contribution is -2.15. The number of carbonyl (C=O) groups is 1. The van der Waals surface area contributed by atoms with Gasteiger partial charge < -0.3 is 15.0 Å². The first-order valence-electron chi connectivity index (χ1n) is 6.05. The summed E-state index contributed by atoms with van der Waals surface area (Å²) >= 11 is 5.82. The monoisotopic (exact) mass is 294 g/mol. The lowest BCUT2D eigenvalue weighted by atomic mass is 10.1. The number of aromatic nitrogens is 3. The Hall–Kier alpha value is -1.92. The summed E-state index contributed by atoms with van der Waals surface area (Å²) in [5, 5.41) is 0.164. The molecule has 2 aromatic rings. The highest BCUT2D eigenvalue weighted by Crippen LogP contribution is 2.24. The van der Waals surface area contributed by atoms with Gasteiger partial charge in [0.1, 0.15) is 5.69 Å². The Kier molecular flexibility index (Phi) is 4.36. The quantitative estimate of drug-likeness (QED) is 0.685. The van der Waals surface area contributed by atoms with E-state index in [0.717, 1.165) is 11.1 Å². The van der Waals surface area contributed by atoms with Gasteiger partial charge in [-0.25, -0.2) is 14.8 Å². The molecular weight excluding hydrogens is 280 g/mol. The number of carbonyl (C=O) groups excluding carboxylic acids is 1. The number of hydrogen-bond donors (Lipinski definition) is 1. The molecule has 2 rings (SSSR count). The molecule has 0 unspecified atom stereocenters. The van der Waals surface area contributed by atoms with Crippen molar-refractivity contribution < 1.29 is 9.53 Å². The average molecular weight is 295 g/mol. The predicted molar refractivity (Wildman–Crippen MR) is 75.6 cm³/mol. The van der Waals surface area contributed by atoms with Crippen molar-refractivity contribution in [1.82, 2.24) is 14.5 Å². The molecule has 20 heavy (non-hydrogen) atoms. The fourth-order valence-corrected chi connectivity index (χ4v) is 2.09. The van der Waals surface area contributed by atoms with Crippen LogP contribution in [0.4, 0.5) is 0 Å². The van der Waals surface area contributed by atoms with E-state index in [-0.39, 0.29) is 5.28 Å². The van der Waals surface area contributed by atoms with Crippen LogP contribution in [0.2, 0.25) is 5.28 Å². The summed E-state index contributed by atoms with van der Waals surface area (Å²) in [6, 6.07) is 1.72. The smallest absolute Gasteiger partial charge is 0.354 e. The van der Waals surface area contributed by atoms with E-state index in [9.17, 15) is 4.79 Å². The molecule has 0 amide bonds. The average Bonchev–Trinajstić information content (AvgIpc) is 2.85. The van der Waals surface area contributed by atoms with E-state index in [1.54, 1.807) is 16.8 Å². The summed E-state index contributed by atoms with van der Waals surface area (Å²) < 4.78 is 6.51. The van der Waals surface area contributed by atoms with Gasteiger partial charge in [0.25, 0.3) is 0 Å². The van der Waals surface area contributed by atoms with Crippen LogP contribution in [0, 0.1) is 6.92 Å². The highest BCUT2D eigenvalue weighted by Gasteiger charge is 2.16. The van der Waals surface area contributed by atoms with Crippen LogP contribution in [-0.4, -0.2) is 34.2 Å². The molecule has 0 aromatic carbocycles. The standard InChI is InChI=1S/C13H15ClN4O2/c1-8-6-16-13(14)17-11(8)9-5-10(12(19)20-2)18(7-9)4-3-15/h5-7H,3-4,15H2,1-2H3. The van der Waals surface area contributed by atoms with Gasteiger partial charge in [0.2, 0.25) is 5.28 Å². The summed E-state index contributed by atoms with van der Waals surface area (Å²) in [7, 11) is 1.34. The van der Waals surface area contributed by atoms with Crippen molar-refractivity contribution >= 4 is 17.6 Å². The van der Waals surface area contributed by atoms with E-state index >= 15 is 0 Å². The predicted octanol–water partition coefficient (Wildman–Crippen LogP) is 1.65. The Bertz CT molecular complexity index is 639. The highest BCUT2D eigenvalue weighted by atomic mass is 35.5. The second-order valence-electron chi connectivity index (χ2n) is 4.26. The maximum atomic E-state index is 11.8. The third-order valence-corrected chi connectivity index (χ3v) is 3.06. The number of halogens is 1. The van der Waals surface area contributed by atoms with Gasteiger partial charge in [-0.05, 0) is 30.2 Å². The van der Waals surface area contributed by atoms with Crippen LogP contribution in [0.5, 0.6) is 0 Å². The van der Waals surface area contributed by atoms with Crippen molar-refractivity contribution in [3.8, 4) is 11.3 Å². The van der Waals surface area contributed by atoms with E-state index in [4.69, 9.17) is 22.1 Å². The number of methoxy groups -OCH3 is 1. The minimum Gasteiger partial charge on any atom is -0.464 e. The zero-order chi connectivity index (χ0) is 14.7. The van der Waals surface area contributed by atoms with Crippen molar-refractivity contribution in [3.63, 3.8) is 0 Å². The van der Waals surface area contributed by atoms with E-state index in [0.29, 0.717) is 24.5 Å². The number of rotatable bonds is 4. The molecule has 0 saturated carbocycles. The number of aryl methyl sites for hydroxylation is 1. The van der Waals surface area contributed by atoms with Crippen molar-refractivity contribution in [2.24, 2.45) is 5.73 Å². The molecule has 0 saturated heterocycles. The summed E-state index contributed by atoms with van der Waals surface area (Å²) in [6.45, 7) is 2.81. The SMILES string of the molecule is COC(=O)c1cc(-c2nc(Cl)ncc2C)cn1CCN. The van der Waals surface area contributed by atoms with E-state index in [2.05, 4.69) is 9.97 Å². The van der Waals surface area contributed by atoms with Crippen LogP contribution < -0.4 is 5.73 Å². The summed E-state index contributed by atoms with van der Waals surface area (Å²) in [5.74, 6) is -0.414. The van der Waals surface area contributed by atoms with Crippen LogP contribution in [0.25, 0.3) is 11.3 Å². The third kappa shape index (κ3) is 2.81. The molecule has 2 heterocycles.